The number of hydrogen-bond acceptors (Lipinski definition) is 4. The van der Waals surface area contributed by atoms with Crippen LogP contribution >= 0.6 is 0 Å². The third-order valence-electron chi connectivity index (χ3n) is 4.61. The molecular formula is C14H24N2O2. The van der Waals surface area contributed by atoms with E-state index < -0.39 is 0 Å². The number of nitrogens with zero attached hydrogens (tertiary/aromatic N) is 2. The van der Waals surface area contributed by atoms with Crippen LogP contribution in [0.5, 0.6) is 0 Å². The third kappa shape index (κ3) is 2.76. The standard InChI is InChI=1S/C14H24N2O2/c17-11-14(4-1-9-18-12-14)10-15-5-7-16(8-6-15)13-2-3-13/h11,13H,1-10,12H2. The summed E-state index contributed by atoms with van der Waals surface area (Å²) in [6.45, 7) is 6.94. The molecule has 4 nitrogen and oxygen atoms in total. The summed E-state index contributed by atoms with van der Waals surface area (Å²) in [5, 5.41) is 0. The highest BCUT2D eigenvalue weighted by Crippen LogP contribution is 2.30. The van der Waals surface area contributed by atoms with E-state index in [4.69, 9.17) is 4.74 Å². The summed E-state index contributed by atoms with van der Waals surface area (Å²) in [7, 11) is 0. The minimum absolute atomic E-state index is 0.222. The summed E-state index contributed by atoms with van der Waals surface area (Å²) in [6.07, 6.45) is 5.97. The van der Waals surface area contributed by atoms with E-state index >= 15 is 0 Å². The summed E-state index contributed by atoms with van der Waals surface area (Å²) in [5.74, 6) is 0. The molecule has 102 valence electrons. The molecular weight excluding hydrogens is 228 g/mol. The summed E-state index contributed by atoms with van der Waals surface area (Å²) in [5.41, 5.74) is -0.222. The molecule has 18 heavy (non-hydrogen) atoms. The molecule has 1 saturated carbocycles. The molecule has 0 aromatic carbocycles. The van der Waals surface area contributed by atoms with Crippen LogP contribution in [0, 0.1) is 5.41 Å². The SMILES string of the molecule is O=CC1(CN2CCN(C3CC3)CC2)CCCOC1. The molecule has 4 heteroatoms. The van der Waals surface area contributed by atoms with Crippen LogP contribution in [0.25, 0.3) is 0 Å². The van der Waals surface area contributed by atoms with Crippen molar-refractivity contribution >= 4 is 6.29 Å². The first kappa shape index (κ1) is 12.6. The fourth-order valence-corrected chi connectivity index (χ4v) is 3.30. The zero-order valence-electron chi connectivity index (χ0n) is 11.1. The molecule has 1 aliphatic carbocycles. The highest BCUT2D eigenvalue weighted by Gasteiger charge is 2.37. The van der Waals surface area contributed by atoms with Crippen LogP contribution < -0.4 is 0 Å². The first-order chi connectivity index (χ1) is 8.81. The number of hydrogen-bond donors (Lipinski definition) is 0. The van der Waals surface area contributed by atoms with Crippen molar-refractivity contribution in [3.8, 4) is 0 Å². The van der Waals surface area contributed by atoms with Crippen molar-refractivity contribution in [3.05, 3.63) is 0 Å². The normalized spacial score (nSPS) is 35.6. The highest BCUT2D eigenvalue weighted by molar-refractivity contribution is 5.60. The Morgan fingerprint density at radius 3 is 2.56 bits per heavy atom. The zero-order valence-corrected chi connectivity index (χ0v) is 11.1. The Bertz CT molecular complexity index is 290. The van der Waals surface area contributed by atoms with Gasteiger partial charge in [0.25, 0.3) is 0 Å². The number of aldehydes is 1. The lowest BCUT2D eigenvalue weighted by molar-refractivity contribution is -0.126. The lowest BCUT2D eigenvalue weighted by atomic mass is 9.83. The number of piperazine rings is 1. The fraction of sp³-hybridized carbons (Fsp3) is 0.929. The molecule has 0 aromatic heterocycles. The molecule has 0 N–H and O–H groups in total. The van der Waals surface area contributed by atoms with Gasteiger partial charge < -0.3 is 9.53 Å². The Balaban J connectivity index is 1.51. The van der Waals surface area contributed by atoms with Gasteiger partial charge in [0.05, 0.1) is 12.0 Å². The van der Waals surface area contributed by atoms with Gasteiger partial charge in [-0.05, 0) is 25.7 Å². The van der Waals surface area contributed by atoms with Crippen LogP contribution in [0.1, 0.15) is 25.7 Å². The monoisotopic (exact) mass is 252 g/mol. The molecule has 2 aliphatic heterocycles. The number of ether oxygens (including phenoxy) is 1. The Labute approximate surface area is 109 Å². The van der Waals surface area contributed by atoms with Gasteiger partial charge in [0.15, 0.2) is 0 Å². The molecule has 0 aromatic rings. The predicted octanol–water partition coefficient (Wildman–Crippen LogP) is 0.762. The summed E-state index contributed by atoms with van der Waals surface area (Å²) >= 11 is 0. The minimum atomic E-state index is -0.222. The largest absolute Gasteiger partial charge is 0.380 e. The molecule has 0 bridgehead atoms. The van der Waals surface area contributed by atoms with Gasteiger partial charge in [0, 0.05) is 45.4 Å². The Hall–Kier alpha value is -0.450. The van der Waals surface area contributed by atoms with Crippen LogP contribution in [-0.4, -0.2) is 68.1 Å². The first-order valence-corrected chi connectivity index (χ1v) is 7.32. The van der Waals surface area contributed by atoms with Crippen molar-refractivity contribution in [3.63, 3.8) is 0 Å². The number of carbonyl (C=O) groups is 1. The smallest absolute Gasteiger partial charge is 0.129 e. The average Bonchev–Trinajstić information content (AvgIpc) is 3.25. The minimum Gasteiger partial charge on any atom is -0.380 e. The van der Waals surface area contributed by atoms with Crippen LogP contribution in [0.3, 0.4) is 0 Å². The molecule has 2 saturated heterocycles. The first-order valence-electron chi connectivity index (χ1n) is 7.32. The maximum Gasteiger partial charge on any atom is 0.129 e. The van der Waals surface area contributed by atoms with Crippen molar-refractivity contribution in [2.45, 2.75) is 31.7 Å². The second-order valence-electron chi connectivity index (χ2n) is 6.18. The van der Waals surface area contributed by atoms with Crippen LogP contribution in [-0.2, 0) is 9.53 Å². The molecule has 0 radical (unpaired) electrons. The van der Waals surface area contributed by atoms with Crippen LogP contribution in [0.4, 0.5) is 0 Å². The Morgan fingerprint density at radius 2 is 2.00 bits per heavy atom. The van der Waals surface area contributed by atoms with Crippen LogP contribution in [0.15, 0.2) is 0 Å². The quantitative estimate of drug-likeness (QED) is 0.692. The molecule has 0 spiro atoms. The van der Waals surface area contributed by atoms with Crippen molar-refractivity contribution < 1.29 is 9.53 Å². The number of rotatable bonds is 4. The van der Waals surface area contributed by atoms with Gasteiger partial charge in [-0.15, -0.1) is 0 Å². The van der Waals surface area contributed by atoms with E-state index in [9.17, 15) is 4.79 Å². The van der Waals surface area contributed by atoms with Gasteiger partial charge in [0.1, 0.15) is 6.29 Å². The lowest BCUT2D eigenvalue weighted by Crippen LogP contribution is -2.52. The lowest BCUT2D eigenvalue weighted by Gasteiger charge is -2.40. The van der Waals surface area contributed by atoms with E-state index in [0.717, 1.165) is 51.4 Å². The molecule has 3 aliphatic rings. The number of carbonyl (C=O) groups excluding carboxylic acids is 1. The summed E-state index contributed by atoms with van der Waals surface area (Å²) < 4.78 is 5.52. The molecule has 3 rings (SSSR count). The van der Waals surface area contributed by atoms with Gasteiger partial charge in [-0.3, -0.25) is 9.80 Å². The van der Waals surface area contributed by atoms with Gasteiger partial charge in [-0.25, -0.2) is 0 Å². The Kier molecular flexibility index (Phi) is 3.68. The second-order valence-corrected chi connectivity index (χ2v) is 6.18. The molecule has 3 fully saturated rings. The maximum atomic E-state index is 11.4. The average molecular weight is 252 g/mol. The van der Waals surface area contributed by atoms with E-state index in [1.807, 2.05) is 0 Å². The van der Waals surface area contributed by atoms with Crippen molar-refractivity contribution in [1.29, 1.82) is 0 Å². The highest BCUT2D eigenvalue weighted by atomic mass is 16.5. The third-order valence-corrected chi connectivity index (χ3v) is 4.61. The topological polar surface area (TPSA) is 32.8 Å². The van der Waals surface area contributed by atoms with E-state index in [2.05, 4.69) is 9.80 Å². The predicted molar refractivity (Wildman–Crippen MR) is 69.6 cm³/mol. The van der Waals surface area contributed by atoms with Gasteiger partial charge in [-0.1, -0.05) is 0 Å². The Morgan fingerprint density at radius 1 is 1.22 bits per heavy atom. The van der Waals surface area contributed by atoms with Gasteiger partial charge >= 0.3 is 0 Å². The van der Waals surface area contributed by atoms with Crippen molar-refractivity contribution in [1.82, 2.24) is 9.80 Å². The second kappa shape index (κ2) is 5.27. The fourth-order valence-electron chi connectivity index (χ4n) is 3.30. The van der Waals surface area contributed by atoms with Gasteiger partial charge in [0.2, 0.25) is 0 Å². The van der Waals surface area contributed by atoms with Crippen LogP contribution in [0.2, 0.25) is 0 Å². The van der Waals surface area contributed by atoms with E-state index in [1.54, 1.807) is 0 Å². The molecule has 0 amide bonds. The molecule has 2 heterocycles. The van der Waals surface area contributed by atoms with Crippen molar-refractivity contribution in [2.75, 3.05) is 45.9 Å². The molecule has 1 unspecified atom stereocenters. The zero-order chi connectivity index (χ0) is 12.4. The summed E-state index contributed by atoms with van der Waals surface area (Å²) in [6, 6.07) is 0.880. The van der Waals surface area contributed by atoms with E-state index in [-0.39, 0.29) is 5.41 Å². The van der Waals surface area contributed by atoms with Crippen molar-refractivity contribution in [2.24, 2.45) is 5.41 Å². The molecule has 1 atom stereocenters. The van der Waals surface area contributed by atoms with Gasteiger partial charge in [-0.2, -0.15) is 0 Å². The van der Waals surface area contributed by atoms with E-state index in [0.29, 0.717) is 6.61 Å². The maximum absolute atomic E-state index is 11.4. The van der Waals surface area contributed by atoms with E-state index in [1.165, 1.54) is 25.9 Å². The summed E-state index contributed by atoms with van der Waals surface area (Å²) in [4.78, 5) is 16.5.